The molecule has 8 N–H and O–H groups in total. The van der Waals surface area contributed by atoms with Crippen molar-refractivity contribution in [3.8, 4) is 0 Å². The largest absolute Gasteiger partial charge is 1.00 e. The second-order valence-corrected chi connectivity index (χ2v) is 15.7. The molecule has 0 radical (unpaired) electrons. The van der Waals surface area contributed by atoms with Crippen molar-refractivity contribution >= 4 is 90.8 Å². The average molecular weight is 901 g/mol. The number of anilines is 10. The molecule has 24 heteroatoms. The summed E-state index contributed by atoms with van der Waals surface area (Å²) in [5.74, 6) is 0.311. The number of aliphatic hydroxyl groups excluding tert-OH is 2. The Hall–Kier alpha value is -4.82. The molecular weight excluding hydrogens is 863 g/mol. The van der Waals surface area contributed by atoms with Gasteiger partial charge in [-0.05, 0) is 73.5 Å². The molecule has 0 fully saturated rings. The van der Waals surface area contributed by atoms with Gasteiger partial charge in [0.2, 0.25) is 35.7 Å². The Labute approximate surface area is 401 Å². The molecule has 0 aliphatic carbocycles. The van der Waals surface area contributed by atoms with E-state index in [9.17, 15) is 36.2 Å². The number of benzene rings is 4. The Balaban J connectivity index is 0.00000422. The van der Waals surface area contributed by atoms with Crippen molar-refractivity contribution in [1.29, 1.82) is 0 Å². The molecule has 20 nitrogen and oxygen atoms in total. The zero-order chi connectivity index (χ0) is 42.9. The smallest absolute Gasteiger partial charge is 0.744 e. The van der Waals surface area contributed by atoms with E-state index in [0.29, 0.717) is 11.4 Å². The van der Waals surface area contributed by atoms with Crippen LogP contribution in [0.15, 0.2) is 107 Å². The van der Waals surface area contributed by atoms with Crippen molar-refractivity contribution < 1.29 is 95.3 Å². The molecule has 0 saturated carbocycles. The second kappa shape index (κ2) is 22.5. The van der Waals surface area contributed by atoms with Crippen LogP contribution < -0.4 is 91.0 Å². The first-order valence-corrected chi connectivity index (χ1v) is 20.8. The van der Waals surface area contributed by atoms with Crippen molar-refractivity contribution in [2.75, 3.05) is 45.0 Å². The van der Waals surface area contributed by atoms with E-state index in [4.69, 9.17) is 0 Å². The van der Waals surface area contributed by atoms with Crippen molar-refractivity contribution in [1.82, 2.24) is 29.9 Å². The van der Waals surface area contributed by atoms with Gasteiger partial charge in [0.1, 0.15) is 20.2 Å². The maximum absolute atomic E-state index is 12.5. The Morgan fingerprint density at radius 1 is 0.500 bits per heavy atom. The molecule has 312 valence electrons. The maximum atomic E-state index is 12.5. The summed E-state index contributed by atoms with van der Waals surface area (Å²) in [4.78, 5) is 24.5. The molecule has 0 saturated heterocycles. The number of hydrogen-bond donors (Lipinski definition) is 8. The summed E-state index contributed by atoms with van der Waals surface area (Å²) in [6.07, 6.45) is 0.903. The average Bonchev–Trinajstić information content (AvgIpc) is 3.19. The first kappa shape index (κ1) is 49.8. The number of hydrogen-bond acceptors (Lipinski definition) is 20. The van der Waals surface area contributed by atoms with Crippen LogP contribution in [-0.2, 0) is 20.2 Å². The molecule has 0 aliphatic heterocycles. The summed E-state index contributed by atoms with van der Waals surface area (Å²) in [6.45, 7) is 3.36. The molecule has 0 spiro atoms. The van der Waals surface area contributed by atoms with Crippen LogP contribution in [-0.4, -0.2) is 91.4 Å². The van der Waals surface area contributed by atoms with E-state index in [-0.39, 0.29) is 130 Å². The molecule has 6 aromatic rings. The number of nitrogens with one attached hydrogen (secondary N) is 6. The van der Waals surface area contributed by atoms with Crippen LogP contribution in [0.25, 0.3) is 12.2 Å². The van der Waals surface area contributed by atoms with Gasteiger partial charge in [0, 0.05) is 35.8 Å². The van der Waals surface area contributed by atoms with Gasteiger partial charge in [0.25, 0.3) is 0 Å². The molecule has 4 aromatic carbocycles. The predicted octanol–water partition coefficient (Wildman–Crippen LogP) is -1.40. The maximum Gasteiger partial charge on any atom is 1.00 e. The molecule has 2 aromatic heterocycles. The standard InChI is InChI=1S/C38H40N12O8S2.2Na/c1-23(51)21-39-33-45-35(41-27-9-5-3-6-10-27)49-37(47-33)43-29-17-15-25(31(19-29)59(53,54)55)13-14-26-16-18-30(20-32(26)60(56,57)58)44-38-48-34(40-22-24(2)52)46-36(50-38)42-28-11-7-4-8-12-28;;/h3-20,23-24,51-52H,21-22H2,1-2H3,(H,53,54,55)(H,56,57,58)(H3,39,41,43,45,47,49)(H3,40,42,44,46,48,50);;/q;2*+1/p-2. The number of aliphatic hydroxyl groups is 2. The quantitative estimate of drug-likeness (QED) is 0.0280. The van der Waals surface area contributed by atoms with E-state index in [1.54, 1.807) is 62.4 Å². The zero-order valence-corrected chi connectivity index (χ0v) is 39.4. The van der Waals surface area contributed by atoms with Crippen molar-refractivity contribution in [2.45, 2.75) is 35.8 Å². The number of rotatable bonds is 18. The fourth-order valence-corrected chi connectivity index (χ4v) is 6.68. The number of nitrogens with zero attached hydrogens (tertiary/aromatic N) is 6. The van der Waals surface area contributed by atoms with Gasteiger partial charge in [-0.2, -0.15) is 29.9 Å². The normalized spacial score (nSPS) is 12.3. The van der Waals surface area contributed by atoms with E-state index < -0.39 is 42.2 Å². The third-order valence-electron chi connectivity index (χ3n) is 7.96. The molecule has 0 bridgehead atoms. The van der Waals surface area contributed by atoms with Gasteiger partial charge in [0.05, 0.1) is 22.0 Å². The molecular formula is C38H38N12Na2O8S2. The molecule has 0 amide bonds. The summed E-state index contributed by atoms with van der Waals surface area (Å²) >= 11 is 0. The zero-order valence-electron chi connectivity index (χ0n) is 33.8. The first-order valence-electron chi connectivity index (χ1n) is 18.0. The molecule has 2 heterocycles. The van der Waals surface area contributed by atoms with Gasteiger partial charge in [-0.15, -0.1) is 0 Å². The Morgan fingerprint density at radius 3 is 1.11 bits per heavy atom. The monoisotopic (exact) mass is 900 g/mol. The van der Waals surface area contributed by atoms with Crippen LogP contribution in [0.1, 0.15) is 25.0 Å². The second-order valence-electron chi connectivity index (χ2n) is 13.1. The van der Waals surface area contributed by atoms with E-state index in [1.807, 2.05) is 12.1 Å². The SMILES string of the molecule is CC(O)CNc1nc(Nc2ccccc2)nc(Nc2ccc(C=Cc3ccc(Nc4nc(NCC(C)O)nc(Nc5ccccc5)n4)cc3S(=O)(=O)[O-])c(S(=O)(=O)[O-])c2)n1.[Na+].[Na+]. The van der Waals surface area contributed by atoms with Gasteiger partial charge in [-0.25, -0.2) is 16.8 Å². The first-order chi connectivity index (χ1) is 28.6. The summed E-state index contributed by atoms with van der Waals surface area (Å²) in [6, 6.07) is 25.6. The van der Waals surface area contributed by atoms with Gasteiger partial charge in [0.15, 0.2) is 0 Å². The van der Waals surface area contributed by atoms with Crippen molar-refractivity contribution in [2.24, 2.45) is 0 Å². The molecule has 2 unspecified atom stereocenters. The predicted molar refractivity (Wildman–Crippen MR) is 224 cm³/mol. The van der Waals surface area contributed by atoms with E-state index in [0.717, 1.165) is 12.1 Å². The minimum atomic E-state index is -5.12. The van der Waals surface area contributed by atoms with E-state index in [1.165, 1.54) is 36.4 Å². The van der Waals surface area contributed by atoms with Gasteiger partial charge in [-0.3, -0.25) is 0 Å². The van der Waals surface area contributed by atoms with E-state index in [2.05, 4.69) is 61.8 Å². The van der Waals surface area contributed by atoms with Gasteiger partial charge < -0.3 is 51.2 Å². The fourth-order valence-electron chi connectivity index (χ4n) is 5.28. The number of aromatic nitrogens is 6. The molecule has 0 aliphatic rings. The van der Waals surface area contributed by atoms with E-state index >= 15 is 0 Å². The number of para-hydroxylation sites is 2. The fraction of sp³-hybridized carbons (Fsp3) is 0.158. The summed E-state index contributed by atoms with van der Waals surface area (Å²) in [5.41, 5.74) is 1.29. The van der Waals surface area contributed by atoms with Crippen LogP contribution in [0.2, 0.25) is 0 Å². The summed E-state index contributed by atoms with van der Waals surface area (Å²) in [7, 11) is -10.2. The van der Waals surface area contributed by atoms with Gasteiger partial charge >= 0.3 is 59.1 Å². The Kier molecular flexibility index (Phi) is 18.1. The Morgan fingerprint density at radius 2 is 0.806 bits per heavy atom. The minimum absolute atomic E-state index is 0. The van der Waals surface area contributed by atoms with Crippen LogP contribution >= 0.6 is 0 Å². The summed E-state index contributed by atoms with van der Waals surface area (Å²) in [5, 5.41) is 37.1. The van der Waals surface area contributed by atoms with Gasteiger partial charge in [-0.1, -0.05) is 60.7 Å². The van der Waals surface area contributed by atoms with Crippen LogP contribution in [0.4, 0.5) is 58.4 Å². The Bertz CT molecular complexity index is 2520. The minimum Gasteiger partial charge on any atom is -0.744 e. The third-order valence-corrected chi connectivity index (χ3v) is 9.75. The molecule has 2 atom stereocenters. The summed E-state index contributed by atoms with van der Waals surface area (Å²) < 4.78 is 75.0. The third kappa shape index (κ3) is 14.9. The van der Waals surface area contributed by atoms with Crippen molar-refractivity contribution in [3.05, 3.63) is 108 Å². The van der Waals surface area contributed by atoms with Crippen molar-refractivity contribution in [3.63, 3.8) is 0 Å². The van der Waals surface area contributed by atoms with Crippen LogP contribution in [0.5, 0.6) is 0 Å². The molecule has 62 heavy (non-hydrogen) atoms. The topological polar surface area (TPSA) is 304 Å². The molecule has 6 rings (SSSR count). The van der Waals surface area contributed by atoms with Crippen LogP contribution in [0.3, 0.4) is 0 Å². The van der Waals surface area contributed by atoms with Crippen LogP contribution in [0, 0.1) is 0 Å².